The van der Waals surface area contributed by atoms with Crippen LogP contribution in [0.25, 0.3) is 0 Å². The molecule has 1 nitrogen and oxygen atoms in total. The van der Waals surface area contributed by atoms with Crippen molar-refractivity contribution in [3.63, 3.8) is 0 Å². The quantitative estimate of drug-likeness (QED) is 0.556. The summed E-state index contributed by atoms with van der Waals surface area (Å²) in [6.07, 6.45) is 6.64. The molecule has 0 heterocycles. The fraction of sp³-hybridized carbons (Fsp3) is 0.800. The zero-order valence-corrected chi connectivity index (χ0v) is 7.76. The van der Waals surface area contributed by atoms with E-state index in [1.807, 2.05) is 0 Å². The summed E-state index contributed by atoms with van der Waals surface area (Å²) in [4.78, 5) is 0. The van der Waals surface area contributed by atoms with Crippen molar-refractivity contribution in [3.05, 3.63) is 11.6 Å². The number of hydrogen-bond acceptors (Lipinski definition) is 1. The monoisotopic (exact) mass is 154 g/mol. The first-order chi connectivity index (χ1) is 5.25. The fourth-order valence-electron chi connectivity index (χ4n) is 1.82. The molecule has 0 fully saturated rings. The highest BCUT2D eigenvalue weighted by Crippen LogP contribution is 2.28. The van der Waals surface area contributed by atoms with Gasteiger partial charge in [0.25, 0.3) is 0 Å². The van der Waals surface area contributed by atoms with E-state index < -0.39 is 0 Å². The molecule has 0 spiro atoms. The largest absolute Gasteiger partial charge is 0.381 e. The van der Waals surface area contributed by atoms with E-state index in [1.54, 1.807) is 7.11 Å². The average Bonchev–Trinajstić information content (AvgIpc) is 2.04. The van der Waals surface area contributed by atoms with Gasteiger partial charge in [-0.2, -0.15) is 0 Å². The molecule has 1 rings (SSSR count). The van der Waals surface area contributed by atoms with Gasteiger partial charge in [-0.1, -0.05) is 11.6 Å². The van der Waals surface area contributed by atoms with E-state index in [0.717, 1.165) is 0 Å². The van der Waals surface area contributed by atoms with Crippen LogP contribution in [0.2, 0.25) is 0 Å². The minimum Gasteiger partial charge on any atom is -0.381 e. The molecule has 0 saturated carbocycles. The Labute approximate surface area is 69.4 Å². The van der Waals surface area contributed by atoms with E-state index in [9.17, 15) is 0 Å². The second kappa shape index (κ2) is 3.91. The third kappa shape index (κ3) is 2.06. The number of methoxy groups -OCH3 is 1. The van der Waals surface area contributed by atoms with E-state index in [0.29, 0.717) is 12.0 Å². The lowest BCUT2D eigenvalue weighted by Gasteiger charge is -2.26. The average molecular weight is 154 g/mol. The molecule has 0 radical (unpaired) electrons. The van der Waals surface area contributed by atoms with Crippen LogP contribution in [0.1, 0.15) is 33.1 Å². The Hall–Kier alpha value is -0.300. The Morgan fingerprint density at radius 3 is 2.91 bits per heavy atom. The topological polar surface area (TPSA) is 9.23 Å². The molecule has 0 bridgehead atoms. The molecule has 64 valence electrons. The molecular formula is C10H18O. The Morgan fingerprint density at radius 2 is 2.36 bits per heavy atom. The molecule has 0 N–H and O–H groups in total. The Morgan fingerprint density at radius 1 is 1.64 bits per heavy atom. The molecule has 0 saturated heterocycles. The summed E-state index contributed by atoms with van der Waals surface area (Å²) in [5, 5.41) is 0. The molecule has 0 aromatic rings. The van der Waals surface area contributed by atoms with Gasteiger partial charge in [0.15, 0.2) is 0 Å². The third-order valence-electron chi connectivity index (χ3n) is 2.71. The van der Waals surface area contributed by atoms with Gasteiger partial charge in [0.1, 0.15) is 0 Å². The molecule has 2 unspecified atom stereocenters. The molecule has 1 aliphatic carbocycles. The second-order valence-electron chi connectivity index (χ2n) is 3.43. The first-order valence-corrected chi connectivity index (χ1v) is 4.45. The van der Waals surface area contributed by atoms with Crippen LogP contribution >= 0.6 is 0 Å². The van der Waals surface area contributed by atoms with Gasteiger partial charge in [0.2, 0.25) is 0 Å². The van der Waals surface area contributed by atoms with Crippen molar-refractivity contribution in [1.82, 2.24) is 0 Å². The Bertz CT molecular complexity index is 149. The maximum atomic E-state index is 5.32. The molecule has 1 aliphatic rings. The standard InChI is InChI=1S/C10H18O/c1-8-6-4-5-7-10(8)9(2)11-3/h6,9-10H,4-5,7H2,1-3H3. The van der Waals surface area contributed by atoms with E-state index >= 15 is 0 Å². The molecule has 11 heavy (non-hydrogen) atoms. The summed E-state index contributed by atoms with van der Waals surface area (Å²) in [5.74, 6) is 0.675. The minimum absolute atomic E-state index is 0.395. The Balaban J connectivity index is 2.55. The first kappa shape index (κ1) is 8.79. The van der Waals surface area contributed by atoms with Crippen LogP contribution in [0.5, 0.6) is 0 Å². The lowest BCUT2D eigenvalue weighted by Crippen LogP contribution is -2.22. The molecule has 0 aromatic heterocycles. The highest BCUT2D eigenvalue weighted by atomic mass is 16.5. The molecule has 0 aromatic carbocycles. The van der Waals surface area contributed by atoms with Gasteiger partial charge in [0, 0.05) is 13.0 Å². The van der Waals surface area contributed by atoms with E-state index in [1.165, 1.54) is 24.8 Å². The van der Waals surface area contributed by atoms with E-state index in [-0.39, 0.29) is 0 Å². The van der Waals surface area contributed by atoms with Crippen molar-refractivity contribution < 1.29 is 4.74 Å². The van der Waals surface area contributed by atoms with Gasteiger partial charge in [-0.3, -0.25) is 0 Å². The molecule has 0 amide bonds. The summed E-state index contributed by atoms with van der Waals surface area (Å²) < 4.78 is 5.32. The predicted octanol–water partition coefficient (Wildman–Crippen LogP) is 2.77. The van der Waals surface area contributed by atoms with Crippen LogP contribution in [0, 0.1) is 5.92 Å². The number of allylic oxidation sites excluding steroid dienone is 1. The lowest BCUT2D eigenvalue weighted by molar-refractivity contribution is 0.0742. The van der Waals surface area contributed by atoms with Crippen molar-refractivity contribution in [3.8, 4) is 0 Å². The molecule has 0 aliphatic heterocycles. The summed E-state index contributed by atoms with van der Waals surface area (Å²) in [6, 6.07) is 0. The van der Waals surface area contributed by atoms with Crippen molar-refractivity contribution in [2.24, 2.45) is 5.92 Å². The number of hydrogen-bond donors (Lipinski definition) is 0. The van der Waals surface area contributed by atoms with Gasteiger partial charge in [-0.25, -0.2) is 0 Å². The van der Waals surface area contributed by atoms with E-state index in [4.69, 9.17) is 4.74 Å². The van der Waals surface area contributed by atoms with Crippen LogP contribution in [0.3, 0.4) is 0 Å². The molecular weight excluding hydrogens is 136 g/mol. The van der Waals surface area contributed by atoms with Crippen molar-refractivity contribution in [2.45, 2.75) is 39.2 Å². The van der Waals surface area contributed by atoms with Crippen molar-refractivity contribution in [2.75, 3.05) is 7.11 Å². The summed E-state index contributed by atoms with van der Waals surface area (Å²) in [5.41, 5.74) is 1.52. The normalized spacial score (nSPS) is 27.9. The van der Waals surface area contributed by atoms with Crippen molar-refractivity contribution >= 4 is 0 Å². The summed E-state index contributed by atoms with van der Waals surface area (Å²) in [6.45, 7) is 4.38. The maximum Gasteiger partial charge on any atom is 0.0608 e. The molecule has 1 heteroatoms. The predicted molar refractivity (Wildman–Crippen MR) is 47.6 cm³/mol. The number of rotatable bonds is 2. The third-order valence-corrected chi connectivity index (χ3v) is 2.71. The highest BCUT2D eigenvalue weighted by molar-refractivity contribution is 5.08. The van der Waals surface area contributed by atoms with Gasteiger partial charge in [-0.15, -0.1) is 0 Å². The maximum absolute atomic E-state index is 5.32. The van der Waals surface area contributed by atoms with Crippen LogP contribution in [0.15, 0.2) is 11.6 Å². The zero-order valence-electron chi connectivity index (χ0n) is 7.76. The van der Waals surface area contributed by atoms with Gasteiger partial charge >= 0.3 is 0 Å². The van der Waals surface area contributed by atoms with Crippen molar-refractivity contribution in [1.29, 1.82) is 0 Å². The lowest BCUT2D eigenvalue weighted by atomic mass is 9.85. The zero-order chi connectivity index (χ0) is 8.27. The van der Waals surface area contributed by atoms with Crippen LogP contribution in [-0.4, -0.2) is 13.2 Å². The molecule has 2 atom stereocenters. The smallest absolute Gasteiger partial charge is 0.0608 e. The first-order valence-electron chi connectivity index (χ1n) is 4.45. The van der Waals surface area contributed by atoms with Gasteiger partial charge in [-0.05, 0) is 33.1 Å². The SMILES string of the molecule is COC(C)C1CCCC=C1C. The van der Waals surface area contributed by atoms with Crippen LogP contribution < -0.4 is 0 Å². The number of ether oxygens (including phenoxy) is 1. The van der Waals surface area contributed by atoms with Gasteiger partial charge < -0.3 is 4.74 Å². The summed E-state index contributed by atoms with van der Waals surface area (Å²) >= 11 is 0. The van der Waals surface area contributed by atoms with Gasteiger partial charge in [0.05, 0.1) is 6.10 Å². The fourth-order valence-corrected chi connectivity index (χ4v) is 1.82. The minimum atomic E-state index is 0.395. The van der Waals surface area contributed by atoms with E-state index in [2.05, 4.69) is 19.9 Å². The second-order valence-corrected chi connectivity index (χ2v) is 3.43. The van der Waals surface area contributed by atoms with Crippen LogP contribution in [0.4, 0.5) is 0 Å². The highest BCUT2D eigenvalue weighted by Gasteiger charge is 2.20. The summed E-state index contributed by atoms with van der Waals surface area (Å²) in [7, 11) is 1.80. The van der Waals surface area contributed by atoms with Crippen LogP contribution in [-0.2, 0) is 4.74 Å². The Kier molecular flexibility index (Phi) is 3.13.